The number of halogens is 2. The van der Waals surface area contributed by atoms with Gasteiger partial charge < -0.3 is 5.11 Å². The van der Waals surface area contributed by atoms with E-state index in [1.54, 1.807) is 23.9 Å². The number of hydrogen-bond acceptors (Lipinski definition) is 2. The zero-order valence-corrected chi connectivity index (χ0v) is 12.5. The van der Waals surface area contributed by atoms with Gasteiger partial charge in [-0.1, -0.05) is 29.8 Å². The van der Waals surface area contributed by atoms with Crippen LogP contribution >= 0.6 is 27.5 Å². The summed E-state index contributed by atoms with van der Waals surface area (Å²) >= 11 is 9.60. The lowest BCUT2D eigenvalue weighted by Gasteiger charge is -2.26. The minimum Gasteiger partial charge on any atom is -0.379 e. The number of aromatic nitrogens is 2. The molecule has 2 rings (SSSR count). The molecule has 5 heteroatoms. The lowest BCUT2D eigenvalue weighted by molar-refractivity contribution is 0.0911. The summed E-state index contributed by atoms with van der Waals surface area (Å²) in [5, 5.41) is 15.6. The van der Waals surface area contributed by atoms with Gasteiger partial charge in [0.1, 0.15) is 5.60 Å². The maximum atomic E-state index is 10.8. The summed E-state index contributed by atoms with van der Waals surface area (Å²) in [6, 6.07) is 7.29. The fraction of sp³-hybridized carbons (Fsp3) is 0.308. The van der Waals surface area contributed by atoms with Gasteiger partial charge in [-0.25, -0.2) is 0 Å². The highest BCUT2D eigenvalue weighted by atomic mass is 79.9. The Bertz CT molecular complexity index is 566. The van der Waals surface area contributed by atoms with Crippen LogP contribution in [0.1, 0.15) is 25.1 Å². The summed E-state index contributed by atoms with van der Waals surface area (Å²) in [6.07, 6.45) is 1.68. The van der Waals surface area contributed by atoms with Crippen LogP contribution < -0.4 is 0 Å². The molecule has 0 aliphatic carbocycles. The molecule has 1 unspecified atom stereocenters. The van der Waals surface area contributed by atoms with E-state index in [0.29, 0.717) is 22.8 Å². The molecule has 0 aliphatic heterocycles. The smallest absolute Gasteiger partial charge is 0.131 e. The first-order chi connectivity index (χ1) is 8.48. The van der Waals surface area contributed by atoms with Crippen molar-refractivity contribution in [3.63, 3.8) is 0 Å². The van der Waals surface area contributed by atoms with Crippen LogP contribution in [0.25, 0.3) is 0 Å². The van der Waals surface area contributed by atoms with Crippen molar-refractivity contribution in [2.45, 2.75) is 26.0 Å². The van der Waals surface area contributed by atoms with Gasteiger partial charge in [-0.05, 0) is 35.8 Å². The van der Waals surface area contributed by atoms with Gasteiger partial charge in [-0.15, -0.1) is 0 Å². The quantitative estimate of drug-likeness (QED) is 0.935. The van der Waals surface area contributed by atoms with E-state index in [0.717, 1.165) is 4.47 Å². The molecular formula is C13H14BrClN2O. The van der Waals surface area contributed by atoms with Crippen LogP contribution in [0.4, 0.5) is 0 Å². The third-order valence-corrected chi connectivity index (χ3v) is 3.86. The van der Waals surface area contributed by atoms with Gasteiger partial charge in [-0.3, -0.25) is 4.68 Å². The molecule has 1 aromatic heterocycles. The summed E-state index contributed by atoms with van der Waals surface area (Å²) in [5.74, 6) is 0. The first-order valence-corrected chi connectivity index (χ1v) is 6.84. The number of benzene rings is 1. The van der Waals surface area contributed by atoms with Crippen LogP contribution in [-0.2, 0) is 12.1 Å². The zero-order chi connectivity index (χ0) is 13.3. The number of aliphatic hydroxyl groups is 1. The Morgan fingerprint density at radius 1 is 1.44 bits per heavy atom. The summed E-state index contributed by atoms with van der Waals surface area (Å²) in [4.78, 5) is 0. The predicted octanol–water partition coefficient (Wildman–Crippen LogP) is 3.57. The first-order valence-electron chi connectivity index (χ1n) is 5.67. The zero-order valence-electron chi connectivity index (χ0n) is 10.2. The normalized spacial score (nSPS) is 14.5. The molecule has 0 bridgehead atoms. The molecule has 0 saturated heterocycles. The van der Waals surface area contributed by atoms with Gasteiger partial charge in [0.2, 0.25) is 0 Å². The van der Waals surface area contributed by atoms with Crippen molar-refractivity contribution in [1.82, 2.24) is 9.78 Å². The molecule has 0 radical (unpaired) electrons. The van der Waals surface area contributed by atoms with Gasteiger partial charge in [-0.2, -0.15) is 5.10 Å². The Kier molecular flexibility index (Phi) is 3.80. The van der Waals surface area contributed by atoms with Crippen molar-refractivity contribution in [2.75, 3.05) is 0 Å². The molecule has 0 spiro atoms. The Balaban J connectivity index is 2.61. The number of rotatable bonds is 3. The van der Waals surface area contributed by atoms with Crippen LogP contribution in [0.15, 0.2) is 34.9 Å². The largest absolute Gasteiger partial charge is 0.379 e. The van der Waals surface area contributed by atoms with E-state index in [-0.39, 0.29) is 0 Å². The molecule has 1 atom stereocenters. The average molecular weight is 330 g/mol. The molecule has 96 valence electrons. The molecule has 1 N–H and O–H groups in total. The van der Waals surface area contributed by atoms with Gasteiger partial charge in [0, 0.05) is 17.1 Å². The predicted molar refractivity (Wildman–Crippen MR) is 75.7 cm³/mol. The summed E-state index contributed by atoms with van der Waals surface area (Å²) < 4.78 is 2.53. The second-order valence-corrected chi connectivity index (χ2v) is 5.47. The molecule has 0 amide bonds. The summed E-state index contributed by atoms with van der Waals surface area (Å²) in [6.45, 7) is 4.38. The van der Waals surface area contributed by atoms with E-state index in [1.165, 1.54) is 0 Å². The lowest BCUT2D eigenvalue weighted by Crippen LogP contribution is -2.27. The van der Waals surface area contributed by atoms with E-state index in [1.807, 2.05) is 25.1 Å². The highest BCUT2D eigenvalue weighted by molar-refractivity contribution is 9.10. The SMILES string of the molecule is CCn1ncc(Br)c1C(C)(O)c1ccccc1Cl. The number of nitrogens with zero attached hydrogens (tertiary/aromatic N) is 2. The monoisotopic (exact) mass is 328 g/mol. The highest BCUT2D eigenvalue weighted by Crippen LogP contribution is 2.37. The maximum absolute atomic E-state index is 10.8. The number of aryl methyl sites for hydroxylation is 1. The molecule has 2 aromatic rings. The molecule has 1 heterocycles. The first kappa shape index (κ1) is 13.6. The maximum Gasteiger partial charge on any atom is 0.131 e. The van der Waals surface area contributed by atoms with Crippen LogP contribution in [0.2, 0.25) is 5.02 Å². The van der Waals surface area contributed by atoms with Crippen molar-refractivity contribution in [1.29, 1.82) is 0 Å². The molecule has 0 saturated carbocycles. The Morgan fingerprint density at radius 3 is 2.72 bits per heavy atom. The van der Waals surface area contributed by atoms with E-state index >= 15 is 0 Å². The molecular weight excluding hydrogens is 316 g/mol. The molecule has 3 nitrogen and oxygen atoms in total. The third-order valence-electron chi connectivity index (χ3n) is 2.95. The van der Waals surface area contributed by atoms with Crippen LogP contribution in [-0.4, -0.2) is 14.9 Å². The van der Waals surface area contributed by atoms with E-state index in [2.05, 4.69) is 21.0 Å². The summed E-state index contributed by atoms with van der Waals surface area (Å²) in [5.41, 5.74) is 0.185. The van der Waals surface area contributed by atoms with E-state index < -0.39 is 5.60 Å². The molecule has 1 aromatic carbocycles. The fourth-order valence-corrected chi connectivity index (χ4v) is 3.07. The second-order valence-electron chi connectivity index (χ2n) is 4.21. The fourth-order valence-electron chi connectivity index (χ4n) is 2.07. The highest BCUT2D eigenvalue weighted by Gasteiger charge is 2.33. The van der Waals surface area contributed by atoms with Crippen molar-refractivity contribution in [3.05, 3.63) is 51.2 Å². The topological polar surface area (TPSA) is 38.0 Å². The van der Waals surface area contributed by atoms with Crippen molar-refractivity contribution >= 4 is 27.5 Å². The molecule has 18 heavy (non-hydrogen) atoms. The Hall–Kier alpha value is -0.840. The van der Waals surface area contributed by atoms with Crippen LogP contribution in [0.3, 0.4) is 0 Å². The van der Waals surface area contributed by atoms with E-state index in [4.69, 9.17) is 11.6 Å². The van der Waals surface area contributed by atoms with Gasteiger partial charge in [0.15, 0.2) is 0 Å². The van der Waals surface area contributed by atoms with Crippen molar-refractivity contribution < 1.29 is 5.11 Å². The average Bonchev–Trinajstić information content (AvgIpc) is 2.71. The molecule has 0 fully saturated rings. The van der Waals surface area contributed by atoms with Gasteiger partial charge in [0.05, 0.1) is 16.4 Å². The Morgan fingerprint density at radius 2 is 2.11 bits per heavy atom. The van der Waals surface area contributed by atoms with Gasteiger partial charge in [0.25, 0.3) is 0 Å². The van der Waals surface area contributed by atoms with E-state index in [9.17, 15) is 5.11 Å². The number of hydrogen-bond donors (Lipinski definition) is 1. The standard InChI is InChI=1S/C13H14BrClN2O/c1-3-17-12(10(14)8-16-17)13(2,18)9-6-4-5-7-11(9)15/h4-8,18H,3H2,1-2H3. The third kappa shape index (κ3) is 2.20. The minimum atomic E-state index is -1.19. The van der Waals surface area contributed by atoms with Gasteiger partial charge >= 0.3 is 0 Å². The second kappa shape index (κ2) is 5.03. The van der Waals surface area contributed by atoms with Crippen LogP contribution in [0, 0.1) is 0 Å². The van der Waals surface area contributed by atoms with Crippen LogP contribution in [0.5, 0.6) is 0 Å². The minimum absolute atomic E-state index is 0.540. The van der Waals surface area contributed by atoms with Crippen molar-refractivity contribution in [2.24, 2.45) is 0 Å². The Labute approximate surface area is 120 Å². The summed E-state index contributed by atoms with van der Waals surface area (Å²) in [7, 11) is 0. The van der Waals surface area contributed by atoms with Crippen molar-refractivity contribution in [3.8, 4) is 0 Å². The lowest BCUT2D eigenvalue weighted by atomic mass is 9.92. The molecule has 0 aliphatic rings.